The molecule has 0 aromatic heterocycles. The Bertz CT molecular complexity index is 1200. The number of nitrogens with zero attached hydrogens (tertiary/aromatic N) is 1. The number of benzene rings is 1. The first-order chi connectivity index (χ1) is 14.7. The van der Waals surface area contributed by atoms with Gasteiger partial charge in [-0.15, -0.1) is 0 Å². The lowest BCUT2D eigenvalue weighted by molar-refractivity contribution is -0.138. The third-order valence-electron chi connectivity index (χ3n) is 6.88. The number of rotatable bonds is 1. The molecule has 2 amide bonds. The van der Waals surface area contributed by atoms with Crippen LogP contribution in [-0.2, 0) is 19.2 Å². The smallest absolute Gasteiger partial charge is 0.233 e. The molecule has 6 nitrogen and oxygen atoms in total. The number of likely N-dealkylation sites (tertiary alicyclic amines) is 1. The maximum absolute atomic E-state index is 14.2. The van der Waals surface area contributed by atoms with Gasteiger partial charge in [0.25, 0.3) is 0 Å². The van der Waals surface area contributed by atoms with Crippen molar-refractivity contribution in [3.05, 3.63) is 62.9 Å². The highest BCUT2D eigenvalue weighted by Crippen LogP contribution is 2.56. The number of carbonyl (C=O) groups excluding carboxylic acids is 4. The molecule has 1 heterocycles. The first-order valence-electron chi connectivity index (χ1n) is 9.90. The van der Waals surface area contributed by atoms with E-state index in [0.717, 1.165) is 11.0 Å². The average Bonchev–Trinajstić information content (AvgIpc) is 2.97. The fourth-order valence-electron chi connectivity index (χ4n) is 5.48. The number of imide groups is 1. The van der Waals surface area contributed by atoms with Gasteiger partial charge in [0, 0.05) is 35.8 Å². The Labute approximate surface area is 185 Å². The molecule has 1 aliphatic heterocycles. The van der Waals surface area contributed by atoms with Crippen LogP contribution >= 0.6 is 15.9 Å². The Morgan fingerprint density at radius 2 is 1.87 bits per heavy atom. The van der Waals surface area contributed by atoms with E-state index in [0.29, 0.717) is 12.0 Å². The van der Waals surface area contributed by atoms with E-state index in [1.807, 2.05) is 6.08 Å². The molecule has 1 aromatic rings. The summed E-state index contributed by atoms with van der Waals surface area (Å²) in [6.45, 7) is 0. The monoisotopic (exact) mass is 485 g/mol. The van der Waals surface area contributed by atoms with Gasteiger partial charge in [-0.3, -0.25) is 24.1 Å². The van der Waals surface area contributed by atoms with Crippen molar-refractivity contribution in [3.63, 3.8) is 0 Å². The van der Waals surface area contributed by atoms with Crippen LogP contribution in [0.5, 0.6) is 5.75 Å². The van der Waals surface area contributed by atoms with E-state index in [1.165, 1.54) is 25.3 Å². The molecule has 1 saturated heterocycles. The standard InChI is InChI=1S/C23H17BrFNO5/c1-26-22(30)11-6-5-9-12(18(11)23(26)31)7-13-19(16(27)8-14(24)20(13)28)17(9)10-3-2-4-15(25)21(10)29/h2-5,8,11-12,17-18,29H,6-7H2,1H3. The number of allylic oxidation sites excluding steroid dienone is 6. The SMILES string of the molecule is CN1C(=O)C2CC=C3C(c4cccc(F)c4O)C4=C(CC3C2C1=O)C(=O)C(Br)=CC4=O. The second-order valence-electron chi connectivity index (χ2n) is 8.31. The summed E-state index contributed by atoms with van der Waals surface area (Å²) in [5.41, 5.74) is 1.27. The number of aromatic hydroxyl groups is 1. The molecule has 3 aliphatic carbocycles. The predicted molar refractivity (Wildman–Crippen MR) is 110 cm³/mol. The van der Waals surface area contributed by atoms with Crippen molar-refractivity contribution in [2.45, 2.75) is 18.8 Å². The van der Waals surface area contributed by atoms with E-state index in [4.69, 9.17) is 0 Å². The molecular formula is C23H17BrFNO5. The number of halogens is 2. The molecule has 5 rings (SSSR count). The summed E-state index contributed by atoms with van der Waals surface area (Å²) in [6, 6.07) is 4.05. The van der Waals surface area contributed by atoms with E-state index >= 15 is 0 Å². The number of hydrogen-bond donors (Lipinski definition) is 1. The zero-order valence-corrected chi connectivity index (χ0v) is 18.0. The molecule has 0 saturated carbocycles. The third-order valence-corrected chi connectivity index (χ3v) is 7.47. The highest BCUT2D eigenvalue weighted by Gasteiger charge is 2.55. The number of phenolic OH excluding ortho intramolecular Hbond substituents is 1. The van der Waals surface area contributed by atoms with Crippen LogP contribution in [0.15, 0.2) is 51.6 Å². The molecule has 4 unspecified atom stereocenters. The molecule has 1 fully saturated rings. The van der Waals surface area contributed by atoms with Crippen LogP contribution in [0.25, 0.3) is 0 Å². The number of carbonyl (C=O) groups is 4. The second kappa shape index (κ2) is 6.82. The summed E-state index contributed by atoms with van der Waals surface area (Å²) in [6.07, 6.45) is 3.45. The van der Waals surface area contributed by atoms with E-state index < -0.39 is 41.0 Å². The molecule has 0 bridgehead atoms. The van der Waals surface area contributed by atoms with Crippen LogP contribution in [0.4, 0.5) is 4.39 Å². The summed E-state index contributed by atoms with van der Waals surface area (Å²) >= 11 is 3.14. The molecule has 1 N–H and O–H groups in total. The molecule has 0 radical (unpaired) electrons. The second-order valence-corrected chi connectivity index (χ2v) is 9.16. The van der Waals surface area contributed by atoms with Crippen molar-refractivity contribution in [2.75, 3.05) is 7.05 Å². The number of Topliss-reactive ketones (excluding diaryl/α,β-unsaturated/α-hetero) is 1. The highest BCUT2D eigenvalue weighted by atomic mass is 79.9. The lowest BCUT2D eigenvalue weighted by Gasteiger charge is -2.42. The van der Waals surface area contributed by atoms with Gasteiger partial charge in [-0.25, -0.2) is 4.39 Å². The molecule has 0 spiro atoms. The van der Waals surface area contributed by atoms with Crippen LogP contribution in [-0.4, -0.2) is 40.4 Å². The first-order valence-corrected chi connectivity index (χ1v) is 10.7. The number of amides is 2. The van der Waals surface area contributed by atoms with Gasteiger partial charge >= 0.3 is 0 Å². The molecule has 4 atom stereocenters. The van der Waals surface area contributed by atoms with Crippen LogP contribution in [0.3, 0.4) is 0 Å². The van der Waals surface area contributed by atoms with E-state index in [-0.39, 0.29) is 45.2 Å². The Kier molecular flexibility index (Phi) is 4.41. The summed E-state index contributed by atoms with van der Waals surface area (Å²) < 4.78 is 14.4. The maximum atomic E-state index is 14.2. The van der Waals surface area contributed by atoms with Crippen LogP contribution in [0.1, 0.15) is 24.3 Å². The van der Waals surface area contributed by atoms with Crippen LogP contribution < -0.4 is 0 Å². The molecule has 1 aromatic carbocycles. The topological polar surface area (TPSA) is 91.8 Å². The van der Waals surface area contributed by atoms with Crippen molar-refractivity contribution in [3.8, 4) is 5.75 Å². The van der Waals surface area contributed by atoms with Crippen molar-refractivity contribution in [1.29, 1.82) is 0 Å². The van der Waals surface area contributed by atoms with Crippen molar-refractivity contribution in [2.24, 2.45) is 17.8 Å². The fourth-order valence-corrected chi connectivity index (χ4v) is 5.93. The minimum Gasteiger partial charge on any atom is -0.505 e. The summed E-state index contributed by atoms with van der Waals surface area (Å²) in [4.78, 5) is 52.6. The van der Waals surface area contributed by atoms with E-state index in [1.54, 1.807) is 0 Å². The Morgan fingerprint density at radius 3 is 2.61 bits per heavy atom. The van der Waals surface area contributed by atoms with Crippen molar-refractivity contribution in [1.82, 2.24) is 4.90 Å². The number of phenols is 1. The normalized spacial score (nSPS) is 30.1. The van der Waals surface area contributed by atoms with Gasteiger partial charge in [0.05, 0.1) is 16.3 Å². The van der Waals surface area contributed by atoms with Crippen LogP contribution in [0, 0.1) is 23.6 Å². The number of fused-ring (bicyclic) bond motifs is 3. The molecule has 4 aliphatic rings. The fraction of sp³-hybridized carbons (Fsp3) is 0.304. The van der Waals surface area contributed by atoms with Crippen molar-refractivity contribution < 1.29 is 28.7 Å². The zero-order chi connectivity index (χ0) is 22.2. The molecule has 158 valence electrons. The summed E-state index contributed by atoms with van der Waals surface area (Å²) in [7, 11) is 1.45. The summed E-state index contributed by atoms with van der Waals surface area (Å²) in [5.74, 6) is -5.33. The van der Waals surface area contributed by atoms with Gasteiger partial charge in [0.15, 0.2) is 23.1 Å². The van der Waals surface area contributed by atoms with Crippen LogP contribution in [0.2, 0.25) is 0 Å². The van der Waals surface area contributed by atoms with Gasteiger partial charge < -0.3 is 5.11 Å². The summed E-state index contributed by atoms with van der Waals surface area (Å²) in [5, 5.41) is 10.5. The minimum atomic E-state index is -0.868. The van der Waals surface area contributed by atoms with E-state index in [9.17, 15) is 28.7 Å². The van der Waals surface area contributed by atoms with Crippen molar-refractivity contribution >= 4 is 39.3 Å². The van der Waals surface area contributed by atoms with Gasteiger partial charge in [-0.05, 0) is 40.8 Å². The third kappa shape index (κ3) is 2.67. The number of hydrogen-bond acceptors (Lipinski definition) is 5. The Balaban J connectivity index is 1.75. The molecule has 31 heavy (non-hydrogen) atoms. The number of ketones is 2. The minimum absolute atomic E-state index is 0.115. The maximum Gasteiger partial charge on any atom is 0.233 e. The van der Waals surface area contributed by atoms with Gasteiger partial charge in [0.1, 0.15) is 0 Å². The zero-order valence-electron chi connectivity index (χ0n) is 16.4. The quantitative estimate of drug-likeness (QED) is 0.375. The number of para-hydroxylation sites is 1. The lowest BCUT2D eigenvalue weighted by Crippen LogP contribution is -2.39. The van der Waals surface area contributed by atoms with E-state index in [2.05, 4.69) is 15.9 Å². The first kappa shape index (κ1) is 20.1. The average molecular weight is 486 g/mol. The van der Waals surface area contributed by atoms with Gasteiger partial charge in [0.2, 0.25) is 11.8 Å². The van der Waals surface area contributed by atoms with Gasteiger partial charge in [-0.1, -0.05) is 23.8 Å². The van der Waals surface area contributed by atoms with Gasteiger partial charge in [-0.2, -0.15) is 0 Å². The predicted octanol–water partition coefficient (Wildman–Crippen LogP) is 2.92. The largest absolute Gasteiger partial charge is 0.505 e. The molecular weight excluding hydrogens is 469 g/mol. The molecule has 8 heteroatoms. The Hall–Kier alpha value is -2.87. The highest BCUT2D eigenvalue weighted by molar-refractivity contribution is 9.12. The lowest BCUT2D eigenvalue weighted by atomic mass is 9.59. The Morgan fingerprint density at radius 1 is 1.13 bits per heavy atom.